The van der Waals surface area contributed by atoms with Gasteiger partial charge in [0.15, 0.2) is 5.82 Å². The van der Waals surface area contributed by atoms with E-state index in [2.05, 4.69) is 10.1 Å². The first kappa shape index (κ1) is 14.1. The van der Waals surface area contributed by atoms with Crippen LogP contribution in [0.1, 0.15) is 11.5 Å². The summed E-state index contributed by atoms with van der Waals surface area (Å²) >= 11 is 5.84. The molecule has 0 fully saturated rings. The Kier molecular flexibility index (Phi) is 3.92. The van der Waals surface area contributed by atoms with Crippen molar-refractivity contribution in [3.05, 3.63) is 47.8 Å². The normalized spacial score (nSPS) is 11.4. The molecule has 0 atom stereocenters. The monoisotopic (exact) mass is 306 g/mol. The number of para-hydroxylation sites is 1. The number of hydrogen-bond donors (Lipinski definition) is 0. The molecule has 2 heterocycles. The Morgan fingerprint density at radius 1 is 1.24 bits per heavy atom. The highest BCUT2D eigenvalue weighted by Gasteiger charge is 2.13. The summed E-state index contributed by atoms with van der Waals surface area (Å²) in [5, 5.41) is 4.16. The van der Waals surface area contributed by atoms with Gasteiger partial charge in [-0.2, -0.15) is 5.10 Å². The molecule has 0 radical (unpaired) electrons. The van der Waals surface area contributed by atoms with E-state index >= 15 is 0 Å². The van der Waals surface area contributed by atoms with Crippen molar-refractivity contribution in [1.82, 2.24) is 19.3 Å². The molecule has 3 aromatic rings. The van der Waals surface area contributed by atoms with Crippen LogP contribution in [0.4, 0.5) is 4.39 Å². The van der Waals surface area contributed by atoms with Gasteiger partial charge in [-0.1, -0.05) is 6.07 Å². The third-order valence-corrected chi connectivity index (χ3v) is 3.83. The number of rotatable bonds is 5. The molecule has 0 amide bonds. The lowest BCUT2D eigenvalue weighted by Gasteiger charge is -2.08. The van der Waals surface area contributed by atoms with Gasteiger partial charge in [0, 0.05) is 44.2 Å². The van der Waals surface area contributed by atoms with Gasteiger partial charge in [-0.3, -0.25) is 4.68 Å². The van der Waals surface area contributed by atoms with E-state index < -0.39 is 0 Å². The Labute approximate surface area is 127 Å². The molecule has 0 bridgehead atoms. The van der Waals surface area contributed by atoms with Crippen molar-refractivity contribution in [1.29, 1.82) is 0 Å². The van der Waals surface area contributed by atoms with Crippen LogP contribution < -0.4 is 0 Å². The van der Waals surface area contributed by atoms with E-state index in [-0.39, 0.29) is 5.82 Å². The molecule has 2 aromatic heterocycles. The highest BCUT2D eigenvalue weighted by Crippen LogP contribution is 2.20. The number of nitrogens with zero attached hydrogens (tertiary/aromatic N) is 4. The third kappa shape index (κ3) is 2.65. The molecule has 6 heteroatoms. The molecule has 0 N–H and O–H groups in total. The average Bonchev–Trinajstić information content (AvgIpc) is 3.02. The van der Waals surface area contributed by atoms with Crippen LogP contribution in [-0.4, -0.2) is 25.2 Å². The Bertz CT molecular complexity index is 762. The molecule has 0 saturated heterocycles. The van der Waals surface area contributed by atoms with E-state index in [1.807, 2.05) is 28.4 Å². The van der Waals surface area contributed by atoms with Crippen molar-refractivity contribution in [3.63, 3.8) is 0 Å². The topological polar surface area (TPSA) is 35.6 Å². The fourth-order valence-electron chi connectivity index (χ4n) is 2.56. The summed E-state index contributed by atoms with van der Waals surface area (Å²) in [6, 6.07) is 7.03. The summed E-state index contributed by atoms with van der Waals surface area (Å²) in [5.41, 5.74) is 2.37. The van der Waals surface area contributed by atoms with E-state index in [1.165, 1.54) is 6.07 Å². The van der Waals surface area contributed by atoms with Crippen LogP contribution in [-0.2, 0) is 26.4 Å². The van der Waals surface area contributed by atoms with Crippen molar-refractivity contribution in [2.75, 3.05) is 5.88 Å². The van der Waals surface area contributed by atoms with E-state index in [0.717, 1.165) is 30.0 Å². The molecule has 0 spiro atoms. The Morgan fingerprint density at radius 3 is 2.81 bits per heavy atom. The van der Waals surface area contributed by atoms with Crippen molar-refractivity contribution in [2.45, 2.75) is 19.4 Å². The number of alkyl halides is 1. The van der Waals surface area contributed by atoms with Gasteiger partial charge >= 0.3 is 0 Å². The molecular formula is C15H16ClFN4. The lowest BCUT2D eigenvalue weighted by atomic mass is 10.2. The smallest absolute Gasteiger partial charge is 0.151 e. The van der Waals surface area contributed by atoms with Crippen molar-refractivity contribution in [2.24, 2.45) is 7.05 Å². The molecule has 110 valence electrons. The van der Waals surface area contributed by atoms with E-state index in [4.69, 9.17) is 11.6 Å². The number of aryl methyl sites for hydroxylation is 4. The fourth-order valence-corrected chi connectivity index (χ4v) is 2.73. The van der Waals surface area contributed by atoms with Crippen LogP contribution in [0.2, 0.25) is 0 Å². The minimum Gasteiger partial charge on any atom is -0.327 e. The number of aromatic nitrogens is 4. The van der Waals surface area contributed by atoms with Crippen LogP contribution in [0, 0.1) is 5.82 Å². The van der Waals surface area contributed by atoms with Gasteiger partial charge in [-0.15, -0.1) is 11.6 Å². The van der Waals surface area contributed by atoms with E-state index in [1.54, 1.807) is 12.3 Å². The first-order valence-corrected chi connectivity index (χ1v) is 7.40. The highest BCUT2D eigenvalue weighted by atomic mass is 35.5. The predicted molar refractivity (Wildman–Crippen MR) is 81.0 cm³/mol. The van der Waals surface area contributed by atoms with E-state index in [0.29, 0.717) is 17.8 Å². The number of hydrogen-bond acceptors (Lipinski definition) is 2. The largest absolute Gasteiger partial charge is 0.327 e. The van der Waals surface area contributed by atoms with Gasteiger partial charge in [0.25, 0.3) is 0 Å². The Hall–Kier alpha value is -1.88. The lowest BCUT2D eigenvalue weighted by molar-refractivity contribution is 0.628. The van der Waals surface area contributed by atoms with Gasteiger partial charge in [0.1, 0.15) is 11.3 Å². The second kappa shape index (κ2) is 5.85. The zero-order chi connectivity index (χ0) is 14.8. The van der Waals surface area contributed by atoms with Crippen molar-refractivity contribution in [3.8, 4) is 0 Å². The molecule has 0 aliphatic rings. The number of imidazole rings is 1. The van der Waals surface area contributed by atoms with E-state index in [9.17, 15) is 4.39 Å². The SMILES string of the molecule is Cn1nccc1CCn1c(CCCl)nc2c(F)cccc21. The average molecular weight is 307 g/mol. The molecular weight excluding hydrogens is 291 g/mol. The van der Waals surface area contributed by atoms with Gasteiger partial charge in [-0.05, 0) is 18.2 Å². The maximum atomic E-state index is 13.9. The highest BCUT2D eigenvalue weighted by molar-refractivity contribution is 6.17. The number of halogens is 2. The zero-order valence-electron chi connectivity index (χ0n) is 11.8. The zero-order valence-corrected chi connectivity index (χ0v) is 12.5. The van der Waals surface area contributed by atoms with Gasteiger partial charge < -0.3 is 4.57 Å². The molecule has 21 heavy (non-hydrogen) atoms. The molecule has 0 saturated carbocycles. The molecule has 3 rings (SSSR count). The van der Waals surface area contributed by atoms with Crippen molar-refractivity contribution >= 4 is 22.6 Å². The van der Waals surface area contributed by atoms with Gasteiger partial charge in [-0.25, -0.2) is 9.37 Å². The first-order valence-electron chi connectivity index (χ1n) is 6.87. The summed E-state index contributed by atoms with van der Waals surface area (Å²) in [4.78, 5) is 4.41. The molecule has 0 unspecified atom stereocenters. The van der Waals surface area contributed by atoms with Crippen LogP contribution in [0.3, 0.4) is 0 Å². The molecule has 4 nitrogen and oxygen atoms in total. The second-order valence-corrected chi connectivity index (χ2v) is 5.30. The first-order chi connectivity index (χ1) is 10.2. The second-order valence-electron chi connectivity index (χ2n) is 4.92. The summed E-state index contributed by atoms with van der Waals surface area (Å²) in [5.74, 6) is 1.01. The maximum Gasteiger partial charge on any atom is 0.151 e. The van der Waals surface area contributed by atoms with Crippen molar-refractivity contribution < 1.29 is 4.39 Å². The van der Waals surface area contributed by atoms with Crippen LogP contribution in [0.25, 0.3) is 11.0 Å². The third-order valence-electron chi connectivity index (χ3n) is 3.64. The van der Waals surface area contributed by atoms with Gasteiger partial charge in [0.2, 0.25) is 0 Å². The molecule has 0 aliphatic carbocycles. The number of fused-ring (bicyclic) bond motifs is 1. The fraction of sp³-hybridized carbons (Fsp3) is 0.333. The maximum absolute atomic E-state index is 13.9. The Morgan fingerprint density at radius 2 is 2.10 bits per heavy atom. The quantitative estimate of drug-likeness (QED) is 0.679. The minimum atomic E-state index is -0.289. The molecule has 0 aliphatic heterocycles. The minimum absolute atomic E-state index is 0.289. The standard InChI is InChI=1S/C15H16ClFN4/c1-20-11(6-9-18-20)7-10-21-13-4-2-3-12(17)15(13)19-14(21)5-8-16/h2-4,6,9H,5,7-8,10H2,1H3. The summed E-state index contributed by atoms with van der Waals surface area (Å²) in [6.07, 6.45) is 3.22. The lowest BCUT2D eigenvalue weighted by Crippen LogP contribution is -2.09. The summed E-state index contributed by atoms with van der Waals surface area (Å²) < 4.78 is 17.8. The Balaban J connectivity index is 1.97. The summed E-state index contributed by atoms with van der Waals surface area (Å²) in [7, 11) is 1.92. The van der Waals surface area contributed by atoms with Crippen LogP contribution in [0.5, 0.6) is 0 Å². The van der Waals surface area contributed by atoms with Gasteiger partial charge in [0.05, 0.1) is 5.52 Å². The van der Waals surface area contributed by atoms with Crippen LogP contribution >= 0.6 is 11.6 Å². The summed E-state index contributed by atoms with van der Waals surface area (Å²) in [6.45, 7) is 0.728. The van der Waals surface area contributed by atoms with Crippen LogP contribution in [0.15, 0.2) is 30.5 Å². The number of benzene rings is 1. The predicted octanol–water partition coefficient (Wildman–Crippen LogP) is 2.93. The molecule has 1 aromatic carbocycles.